The molecule has 0 amide bonds. The monoisotopic (exact) mass is 252 g/mol. The van der Waals surface area contributed by atoms with Gasteiger partial charge in [-0.2, -0.15) is 5.10 Å². The highest BCUT2D eigenvalue weighted by atomic mass is 32.1. The van der Waals surface area contributed by atoms with E-state index in [1.165, 1.54) is 11.5 Å². The standard InChI is InChI=1S/C11H16N4OS/c1-3-5-15-7-8(6-12-15)10(16)11-9(4-2)13-14-17-11/h6-7,10,16H,3-5H2,1-2H3. The number of rotatable bonds is 5. The summed E-state index contributed by atoms with van der Waals surface area (Å²) in [5.74, 6) is 0. The zero-order valence-electron chi connectivity index (χ0n) is 10.00. The highest BCUT2D eigenvalue weighted by Gasteiger charge is 2.19. The molecule has 5 nitrogen and oxygen atoms in total. The molecule has 0 aromatic carbocycles. The van der Waals surface area contributed by atoms with Crippen molar-refractivity contribution < 1.29 is 5.11 Å². The minimum absolute atomic E-state index is 0.657. The van der Waals surface area contributed by atoms with Crippen molar-refractivity contribution in [3.05, 3.63) is 28.5 Å². The summed E-state index contributed by atoms with van der Waals surface area (Å²) in [7, 11) is 0. The first-order chi connectivity index (χ1) is 8.26. The van der Waals surface area contributed by atoms with E-state index in [9.17, 15) is 5.11 Å². The summed E-state index contributed by atoms with van der Waals surface area (Å²) >= 11 is 1.25. The van der Waals surface area contributed by atoms with Gasteiger partial charge in [0, 0.05) is 18.3 Å². The van der Waals surface area contributed by atoms with Gasteiger partial charge in [-0.05, 0) is 24.4 Å². The number of aryl methyl sites for hydroxylation is 2. The topological polar surface area (TPSA) is 63.8 Å². The fourth-order valence-electron chi connectivity index (χ4n) is 1.69. The molecule has 2 aromatic rings. The molecule has 0 bridgehead atoms. The molecule has 1 N–H and O–H groups in total. The minimum atomic E-state index is -0.657. The zero-order chi connectivity index (χ0) is 12.3. The van der Waals surface area contributed by atoms with Crippen molar-refractivity contribution in [3.63, 3.8) is 0 Å². The van der Waals surface area contributed by atoms with Gasteiger partial charge < -0.3 is 5.11 Å². The van der Waals surface area contributed by atoms with E-state index in [1.807, 2.05) is 17.8 Å². The van der Waals surface area contributed by atoms with Crippen LogP contribution in [0.4, 0.5) is 0 Å². The number of hydrogen-bond donors (Lipinski definition) is 1. The van der Waals surface area contributed by atoms with Crippen molar-refractivity contribution in [2.24, 2.45) is 0 Å². The van der Waals surface area contributed by atoms with Gasteiger partial charge in [0.15, 0.2) is 0 Å². The SMILES string of the molecule is CCCn1cc(C(O)c2snnc2CC)cn1. The molecule has 1 atom stereocenters. The lowest BCUT2D eigenvalue weighted by atomic mass is 10.1. The summed E-state index contributed by atoms with van der Waals surface area (Å²) in [6.07, 6.45) is 4.74. The quantitative estimate of drug-likeness (QED) is 0.881. The molecule has 0 aliphatic heterocycles. The maximum Gasteiger partial charge on any atom is 0.120 e. The second kappa shape index (κ2) is 5.37. The van der Waals surface area contributed by atoms with Crippen LogP contribution in [0.25, 0.3) is 0 Å². The van der Waals surface area contributed by atoms with Gasteiger partial charge in [-0.1, -0.05) is 18.3 Å². The van der Waals surface area contributed by atoms with Crippen LogP contribution in [0.1, 0.15) is 42.5 Å². The summed E-state index contributed by atoms with van der Waals surface area (Å²) in [5.41, 5.74) is 1.67. The van der Waals surface area contributed by atoms with Crippen molar-refractivity contribution in [1.82, 2.24) is 19.4 Å². The smallest absolute Gasteiger partial charge is 0.120 e. The molecule has 0 saturated heterocycles. The summed E-state index contributed by atoms with van der Waals surface area (Å²) in [4.78, 5) is 0.823. The second-order valence-electron chi connectivity index (χ2n) is 3.88. The van der Waals surface area contributed by atoms with E-state index in [-0.39, 0.29) is 0 Å². The lowest BCUT2D eigenvalue weighted by Crippen LogP contribution is -2.00. The van der Waals surface area contributed by atoms with Crippen molar-refractivity contribution in [2.45, 2.75) is 39.3 Å². The third-order valence-corrected chi connectivity index (χ3v) is 3.41. The van der Waals surface area contributed by atoms with E-state index in [4.69, 9.17) is 0 Å². The highest BCUT2D eigenvalue weighted by Crippen LogP contribution is 2.26. The zero-order valence-corrected chi connectivity index (χ0v) is 10.8. The van der Waals surface area contributed by atoms with E-state index in [2.05, 4.69) is 21.6 Å². The predicted octanol–water partition coefficient (Wildman–Crippen LogP) is 1.79. The fourth-order valence-corrected chi connectivity index (χ4v) is 2.45. The van der Waals surface area contributed by atoms with Gasteiger partial charge >= 0.3 is 0 Å². The average Bonchev–Trinajstić information content (AvgIpc) is 2.96. The van der Waals surface area contributed by atoms with E-state index in [0.717, 1.165) is 35.5 Å². The number of aliphatic hydroxyl groups is 1. The van der Waals surface area contributed by atoms with Crippen molar-refractivity contribution in [1.29, 1.82) is 0 Å². The maximum atomic E-state index is 10.3. The molecule has 0 radical (unpaired) electrons. The largest absolute Gasteiger partial charge is 0.383 e. The summed E-state index contributed by atoms with van der Waals surface area (Å²) in [5, 5.41) is 18.5. The van der Waals surface area contributed by atoms with Crippen molar-refractivity contribution in [3.8, 4) is 0 Å². The Hall–Kier alpha value is -1.27. The summed E-state index contributed by atoms with van der Waals surface area (Å²) in [6.45, 7) is 4.97. The summed E-state index contributed by atoms with van der Waals surface area (Å²) < 4.78 is 5.73. The normalized spacial score (nSPS) is 12.9. The Morgan fingerprint density at radius 2 is 2.29 bits per heavy atom. The minimum Gasteiger partial charge on any atom is -0.383 e. The molecule has 6 heteroatoms. The second-order valence-corrected chi connectivity index (χ2v) is 4.66. The van der Waals surface area contributed by atoms with Crippen LogP contribution in [0.5, 0.6) is 0 Å². The number of aromatic nitrogens is 4. The Bertz CT molecular complexity index is 479. The first-order valence-electron chi connectivity index (χ1n) is 5.77. The number of nitrogens with zero attached hydrogens (tertiary/aromatic N) is 4. The first kappa shape index (κ1) is 12.2. The van der Waals surface area contributed by atoms with Crippen LogP contribution < -0.4 is 0 Å². The van der Waals surface area contributed by atoms with Gasteiger partial charge in [0.1, 0.15) is 6.10 Å². The predicted molar refractivity (Wildman–Crippen MR) is 65.9 cm³/mol. The van der Waals surface area contributed by atoms with Crippen LogP contribution in [0.2, 0.25) is 0 Å². The number of aliphatic hydroxyl groups excluding tert-OH is 1. The van der Waals surface area contributed by atoms with Gasteiger partial charge in [0.2, 0.25) is 0 Å². The molecule has 2 rings (SSSR count). The van der Waals surface area contributed by atoms with Crippen LogP contribution in [-0.4, -0.2) is 24.5 Å². The molecular weight excluding hydrogens is 236 g/mol. The summed E-state index contributed by atoms with van der Waals surface area (Å²) in [6, 6.07) is 0. The van der Waals surface area contributed by atoms with Crippen LogP contribution in [0.3, 0.4) is 0 Å². The molecule has 0 saturated carbocycles. The van der Waals surface area contributed by atoms with Crippen LogP contribution >= 0.6 is 11.5 Å². The Morgan fingerprint density at radius 3 is 3.00 bits per heavy atom. The van der Waals surface area contributed by atoms with Crippen molar-refractivity contribution in [2.75, 3.05) is 0 Å². The van der Waals surface area contributed by atoms with E-state index < -0.39 is 6.10 Å². The van der Waals surface area contributed by atoms with Gasteiger partial charge in [-0.3, -0.25) is 4.68 Å². The number of hydrogen-bond acceptors (Lipinski definition) is 5. The lowest BCUT2D eigenvalue weighted by molar-refractivity contribution is 0.222. The molecule has 0 aliphatic carbocycles. The molecule has 1 unspecified atom stereocenters. The van der Waals surface area contributed by atoms with E-state index >= 15 is 0 Å². The third kappa shape index (κ3) is 2.53. The third-order valence-electron chi connectivity index (χ3n) is 2.59. The van der Waals surface area contributed by atoms with Crippen LogP contribution in [0, 0.1) is 0 Å². The molecule has 92 valence electrons. The molecule has 0 fully saturated rings. The Balaban J connectivity index is 2.21. The van der Waals surface area contributed by atoms with Gasteiger partial charge in [0.05, 0.1) is 16.8 Å². The Kier molecular flexibility index (Phi) is 3.86. The first-order valence-corrected chi connectivity index (χ1v) is 6.55. The average molecular weight is 252 g/mol. The molecule has 0 spiro atoms. The Morgan fingerprint density at radius 1 is 1.47 bits per heavy atom. The fraction of sp³-hybridized carbons (Fsp3) is 0.545. The van der Waals surface area contributed by atoms with Crippen LogP contribution in [-0.2, 0) is 13.0 Å². The lowest BCUT2D eigenvalue weighted by Gasteiger charge is -2.06. The molecule has 2 heterocycles. The van der Waals surface area contributed by atoms with Crippen molar-refractivity contribution >= 4 is 11.5 Å². The van der Waals surface area contributed by atoms with Crippen LogP contribution in [0.15, 0.2) is 12.4 Å². The Labute approximate surface area is 104 Å². The molecule has 2 aromatic heterocycles. The van der Waals surface area contributed by atoms with Gasteiger partial charge in [-0.15, -0.1) is 5.10 Å². The molecular formula is C11H16N4OS. The van der Waals surface area contributed by atoms with Gasteiger partial charge in [-0.25, -0.2) is 0 Å². The van der Waals surface area contributed by atoms with E-state index in [0.29, 0.717) is 0 Å². The highest BCUT2D eigenvalue weighted by molar-refractivity contribution is 7.05. The maximum absolute atomic E-state index is 10.3. The van der Waals surface area contributed by atoms with Gasteiger partial charge in [0.25, 0.3) is 0 Å². The molecule has 0 aliphatic rings. The van der Waals surface area contributed by atoms with E-state index in [1.54, 1.807) is 6.20 Å². The molecule has 17 heavy (non-hydrogen) atoms.